The highest BCUT2D eigenvalue weighted by Crippen LogP contribution is 2.48. The summed E-state index contributed by atoms with van der Waals surface area (Å²) in [5, 5.41) is 3.62. The lowest BCUT2D eigenvalue weighted by Gasteiger charge is -2.39. The zero-order valence-corrected chi connectivity index (χ0v) is 21.3. The number of hydrogen-bond donors (Lipinski definition) is 3. The molecule has 35 heavy (non-hydrogen) atoms. The number of nitrogens with one attached hydrogen (secondary N) is 3. The zero-order valence-electron chi connectivity index (χ0n) is 20.1. The van der Waals surface area contributed by atoms with Gasteiger partial charge in [-0.2, -0.15) is 13.2 Å². The highest BCUT2D eigenvalue weighted by Gasteiger charge is 2.48. The molecule has 0 radical (unpaired) electrons. The normalized spacial score (nSPS) is 23.6. The summed E-state index contributed by atoms with van der Waals surface area (Å²) in [4.78, 5) is 13.4. The Kier molecular flexibility index (Phi) is 7.74. The molecule has 0 aliphatic heterocycles. The second kappa shape index (κ2) is 10.5. The molecule has 2 aliphatic carbocycles. The van der Waals surface area contributed by atoms with E-state index in [1.807, 2.05) is 19.1 Å². The minimum Gasteiger partial charge on any atom is -0.455 e. The Morgan fingerprint density at radius 3 is 2.63 bits per heavy atom. The Hall–Kier alpha value is -2.15. The summed E-state index contributed by atoms with van der Waals surface area (Å²) in [5.41, 5.74) is 8.84. The van der Waals surface area contributed by atoms with Crippen molar-refractivity contribution in [1.82, 2.24) is 10.9 Å². The van der Waals surface area contributed by atoms with Crippen LogP contribution >= 0.6 is 9.24 Å². The van der Waals surface area contributed by atoms with Crippen LogP contribution in [0.3, 0.4) is 0 Å². The summed E-state index contributed by atoms with van der Waals surface area (Å²) in [6.07, 6.45) is 1.65. The van der Waals surface area contributed by atoms with Crippen LogP contribution in [0.5, 0.6) is 0 Å². The Morgan fingerprint density at radius 1 is 1.17 bits per heavy atom. The first-order chi connectivity index (χ1) is 16.6. The molecule has 1 fully saturated rings. The average molecular weight is 508 g/mol. The molecular weight excluding hydrogens is 474 g/mol. The molecule has 2 atom stereocenters. The van der Waals surface area contributed by atoms with Crippen molar-refractivity contribution in [3.63, 3.8) is 0 Å². The minimum atomic E-state index is -4.68. The molecule has 1 aromatic heterocycles. The molecule has 1 aromatic carbocycles. The molecule has 190 valence electrons. The van der Waals surface area contributed by atoms with E-state index in [0.29, 0.717) is 24.5 Å². The Balaban J connectivity index is 1.60. The Bertz CT molecular complexity index is 1110. The Morgan fingerprint density at radius 2 is 1.94 bits per heavy atom. The summed E-state index contributed by atoms with van der Waals surface area (Å²) in [7, 11) is 2.70. The van der Waals surface area contributed by atoms with Crippen LogP contribution in [0.15, 0.2) is 45.9 Å². The molecule has 3 N–H and O–H groups in total. The number of amides is 1. The summed E-state index contributed by atoms with van der Waals surface area (Å²) in [5.74, 6) is -1.18. The van der Waals surface area contributed by atoms with E-state index in [1.165, 1.54) is 13.0 Å². The third kappa shape index (κ3) is 5.99. The van der Waals surface area contributed by atoms with Gasteiger partial charge < -0.3 is 9.73 Å². The molecule has 2 unspecified atom stereocenters. The van der Waals surface area contributed by atoms with Gasteiger partial charge in [0, 0.05) is 18.2 Å². The van der Waals surface area contributed by atoms with Crippen molar-refractivity contribution in [1.29, 1.82) is 0 Å². The lowest BCUT2D eigenvalue weighted by molar-refractivity contribution is -0.152. The molecule has 0 spiro atoms. The van der Waals surface area contributed by atoms with Crippen molar-refractivity contribution in [2.24, 2.45) is 5.92 Å². The fourth-order valence-corrected chi connectivity index (χ4v) is 5.50. The van der Waals surface area contributed by atoms with Gasteiger partial charge in [0.15, 0.2) is 0 Å². The predicted octanol–water partition coefficient (Wildman–Crippen LogP) is 5.77. The first kappa shape index (κ1) is 25.9. The predicted molar refractivity (Wildman–Crippen MR) is 134 cm³/mol. The number of hydrazine groups is 1. The van der Waals surface area contributed by atoms with Crippen LogP contribution in [0.25, 0.3) is 0 Å². The molecule has 9 heteroatoms. The molecule has 4 rings (SSSR count). The molecule has 1 amide bonds. The first-order valence-electron chi connectivity index (χ1n) is 12.1. The monoisotopic (exact) mass is 507 g/mol. The van der Waals surface area contributed by atoms with Gasteiger partial charge in [-0.05, 0) is 68.3 Å². The lowest BCUT2D eigenvalue weighted by Crippen LogP contribution is -2.55. The molecule has 2 aromatic rings. The number of carbonyl (C=O) groups is 1. The van der Waals surface area contributed by atoms with Crippen LogP contribution in [0.4, 0.5) is 18.9 Å². The fraction of sp³-hybridized carbons (Fsp3) is 0.500. The van der Waals surface area contributed by atoms with E-state index in [9.17, 15) is 18.0 Å². The maximum atomic E-state index is 13.4. The van der Waals surface area contributed by atoms with E-state index >= 15 is 0 Å². The quantitative estimate of drug-likeness (QED) is 0.329. The second-order valence-electron chi connectivity index (χ2n) is 9.69. The van der Waals surface area contributed by atoms with Crippen molar-refractivity contribution < 1.29 is 22.4 Å². The van der Waals surface area contributed by atoms with E-state index in [0.717, 1.165) is 55.0 Å². The highest BCUT2D eigenvalue weighted by atomic mass is 31.0. The largest absolute Gasteiger partial charge is 0.455 e. The van der Waals surface area contributed by atoms with Gasteiger partial charge in [0.1, 0.15) is 5.76 Å². The standard InChI is InChI=1S/C26H33F3N3O2P/c1-16-13-22(23(34-16)26(27,28)29)31-24(33)21-9-4-3-5-12-25(17(21)2,19-10-11-19)32-30-15-18-7-6-8-20(35)14-18/h6-8,13-14,19,30,32H,3-5,9-12,15,35H2,1-2H3,(H,31,33)/b21-17+. The Labute approximate surface area is 206 Å². The molecule has 0 bridgehead atoms. The number of benzene rings is 1. The number of hydrogen-bond acceptors (Lipinski definition) is 4. The molecule has 2 aliphatic rings. The number of anilines is 1. The molecule has 1 heterocycles. The average Bonchev–Trinajstić information content (AvgIpc) is 3.55. The number of rotatable bonds is 7. The fourth-order valence-electron chi connectivity index (χ4n) is 5.18. The van der Waals surface area contributed by atoms with Gasteiger partial charge in [-0.1, -0.05) is 37.1 Å². The highest BCUT2D eigenvalue weighted by molar-refractivity contribution is 7.27. The zero-order chi connectivity index (χ0) is 25.2. The molecule has 1 saturated carbocycles. The topological polar surface area (TPSA) is 66.3 Å². The van der Waals surface area contributed by atoms with Gasteiger partial charge in [0.2, 0.25) is 5.76 Å². The van der Waals surface area contributed by atoms with Crippen LogP contribution in [-0.4, -0.2) is 11.4 Å². The van der Waals surface area contributed by atoms with Gasteiger partial charge in [0.05, 0.1) is 11.2 Å². The summed E-state index contributed by atoms with van der Waals surface area (Å²) in [6.45, 7) is 4.02. The van der Waals surface area contributed by atoms with Crippen LogP contribution in [0.1, 0.15) is 69.0 Å². The number of halogens is 3. The van der Waals surface area contributed by atoms with Gasteiger partial charge in [-0.15, -0.1) is 9.24 Å². The van der Waals surface area contributed by atoms with Gasteiger partial charge in [-0.25, -0.2) is 5.43 Å². The number of alkyl halides is 3. The number of aryl methyl sites for hydroxylation is 1. The summed E-state index contributed by atoms with van der Waals surface area (Å²) < 4.78 is 45.1. The summed E-state index contributed by atoms with van der Waals surface area (Å²) in [6, 6.07) is 9.40. The first-order valence-corrected chi connectivity index (χ1v) is 12.7. The van der Waals surface area contributed by atoms with Crippen molar-refractivity contribution >= 4 is 26.1 Å². The second-order valence-corrected chi connectivity index (χ2v) is 10.4. The minimum absolute atomic E-state index is 0.101. The summed E-state index contributed by atoms with van der Waals surface area (Å²) >= 11 is 0. The lowest BCUT2D eigenvalue weighted by atomic mass is 9.76. The van der Waals surface area contributed by atoms with E-state index in [1.54, 1.807) is 0 Å². The van der Waals surface area contributed by atoms with Crippen molar-refractivity contribution in [2.45, 2.75) is 77.1 Å². The van der Waals surface area contributed by atoms with Gasteiger partial charge in [-0.3, -0.25) is 10.2 Å². The third-order valence-corrected chi connectivity index (χ3v) is 7.44. The molecule has 0 saturated heterocycles. The van der Waals surface area contributed by atoms with Gasteiger partial charge in [0.25, 0.3) is 5.91 Å². The van der Waals surface area contributed by atoms with Crippen LogP contribution in [-0.2, 0) is 17.5 Å². The van der Waals surface area contributed by atoms with E-state index < -0.39 is 23.4 Å². The number of furan rings is 1. The van der Waals surface area contributed by atoms with Gasteiger partial charge >= 0.3 is 6.18 Å². The molecular formula is C26H33F3N3O2P. The van der Waals surface area contributed by atoms with Crippen LogP contribution in [0.2, 0.25) is 0 Å². The molecule has 5 nitrogen and oxygen atoms in total. The number of carbonyl (C=O) groups excluding carboxylic acids is 1. The maximum absolute atomic E-state index is 13.4. The third-order valence-electron chi connectivity index (χ3n) is 7.08. The van der Waals surface area contributed by atoms with Crippen LogP contribution in [0, 0.1) is 12.8 Å². The van der Waals surface area contributed by atoms with E-state index in [4.69, 9.17) is 4.42 Å². The smallest absolute Gasteiger partial charge is 0.451 e. The van der Waals surface area contributed by atoms with E-state index in [2.05, 4.69) is 37.5 Å². The van der Waals surface area contributed by atoms with E-state index in [-0.39, 0.29) is 11.4 Å². The SMILES string of the molecule is C/C1=C(\C(=O)Nc2cc(C)oc2C(F)(F)F)CCCCCC1(NNCc1cccc(P)c1)C1CC1. The van der Waals surface area contributed by atoms with Crippen molar-refractivity contribution in [3.05, 3.63) is 58.6 Å². The van der Waals surface area contributed by atoms with Crippen molar-refractivity contribution in [3.8, 4) is 0 Å². The maximum Gasteiger partial charge on any atom is 0.451 e. The van der Waals surface area contributed by atoms with Crippen molar-refractivity contribution in [2.75, 3.05) is 5.32 Å². The van der Waals surface area contributed by atoms with Crippen LogP contribution < -0.4 is 21.5 Å².